The SMILES string of the molecule is C[C@H]1CCc2c(sc(NC(=O)COC(=O)/C=C/c3ccc4ccccc4n3)c2C(N)=O)C1. The highest BCUT2D eigenvalue weighted by Gasteiger charge is 2.27. The number of anilines is 1. The first-order valence-electron chi connectivity index (χ1n) is 10.4. The fourth-order valence-corrected chi connectivity index (χ4v) is 5.21. The van der Waals surface area contributed by atoms with E-state index >= 15 is 0 Å². The van der Waals surface area contributed by atoms with E-state index < -0.39 is 24.4 Å². The second-order valence-electron chi connectivity index (χ2n) is 7.84. The van der Waals surface area contributed by atoms with Crippen molar-refractivity contribution >= 4 is 51.1 Å². The van der Waals surface area contributed by atoms with Crippen molar-refractivity contribution in [3.63, 3.8) is 0 Å². The molecular formula is C24H23N3O4S. The van der Waals surface area contributed by atoms with Gasteiger partial charge < -0.3 is 15.8 Å². The van der Waals surface area contributed by atoms with Gasteiger partial charge in [0.1, 0.15) is 5.00 Å². The Labute approximate surface area is 189 Å². The van der Waals surface area contributed by atoms with Crippen molar-refractivity contribution in [2.75, 3.05) is 11.9 Å². The Kier molecular flexibility index (Phi) is 6.32. The van der Waals surface area contributed by atoms with Gasteiger partial charge >= 0.3 is 5.97 Å². The number of hydrogen-bond acceptors (Lipinski definition) is 6. The van der Waals surface area contributed by atoms with E-state index in [1.54, 1.807) is 6.07 Å². The largest absolute Gasteiger partial charge is 0.452 e. The van der Waals surface area contributed by atoms with Crippen LogP contribution in [0.5, 0.6) is 0 Å². The lowest BCUT2D eigenvalue weighted by Gasteiger charge is -2.18. The van der Waals surface area contributed by atoms with Crippen LogP contribution >= 0.6 is 11.3 Å². The number of hydrogen-bond donors (Lipinski definition) is 2. The Morgan fingerprint density at radius 1 is 1.25 bits per heavy atom. The van der Waals surface area contributed by atoms with Gasteiger partial charge in [0.25, 0.3) is 11.8 Å². The lowest BCUT2D eigenvalue weighted by atomic mass is 9.88. The van der Waals surface area contributed by atoms with Gasteiger partial charge in [-0.1, -0.05) is 31.2 Å². The molecule has 32 heavy (non-hydrogen) atoms. The zero-order chi connectivity index (χ0) is 22.7. The number of esters is 1. The lowest BCUT2D eigenvalue weighted by molar-refractivity contribution is -0.142. The third-order valence-electron chi connectivity index (χ3n) is 5.37. The van der Waals surface area contributed by atoms with Crippen LogP contribution < -0.4 is 11.1 Å². The smallest absolute Gasteiger partial charge is 0.331 e. The summed E-state index contributed by atoms with van der Waals surface area (Å²) in [6, 6.07) is 11.4. The van der Waals surface area contributed by atoms with Crippen LogP contribution in [0.1, 0.15) is 39.8 Å². The summed E-state index contributed by atoms with van der Waals surface area (Å²) in [6.45, 7) is 1.69. The molecule has 1 atom stereocenters. The Bertz CT molecular complexity index is 1230. The molecule has 0 saturated carbocycles. The molecule has 2 aromatic heterocycles. The van der Waals surface area contributed by atoms with E-state index in [0.717, 1.165) is 40.6 Å². The number of pyridine rings is 1. The molecule has 7 nitrogen and oxygen atoms in total. The predicted octanol–water partition coefficient (Wildman–Crippen LogP) is 3.72. The third kappa shape index (κ3) is 4.86. The second-order valence-corrected chi connectivity index (χ2v) is 8.94. The molecule has 0 fully saturated rings. The number of para-hydroxylation sites is 1. The van der Waals surface area contributed by atoms with Crippen LogP contribution in [-0.4, -0.2) is 29.4 Å². The number of fused-ring (bicyclic) bond motifs is 2. The topological polar surface area (TPSA) is 111 Å². The maximum Gasteiger partial charge on any atom is 0.331 e. The third-order valence-corrected chi connectivity index (χ3v) is 6.54. The van der Waals surface area contributed by atoms with E-state index in [4.69, 9.17) is 10.5 Å². The molecule has 1 aliphatic rings. The molecule has 0 bridgehead atoms. The van der Waals surface area contributed by atoms with Crippen molar-refractivity contribution < 1.29 is 19.1 Å². The summed E-state index contributed by atoms with van der Waals surface area (Å²) in [5, 5.41) is 4.11. The van der Waals surface area contributed by atoms with E-state index in [-0.39, 0.29) is 0 Å². The zero-order valence-electron chi connectivity index (χ0n) is 17.6. The number of aromatic nitrogens is 1. The quantitative estimate of drug-likeness (QED) is 0.440. The van der Waals surface area contributed by atoms with Crippen molar-refractivity contribution in [1.82, 2.24) is 4.98 Å². The van der Waals surface area contributed by atoms with E-state index in [0.29, 0.717) is 22.2 Å². The van der Waals surface area contributed by atoms with Crippen molar-refractivity contribution in [2.24, 2.45) is 11.7 Å². The standard InChI is InChI=1S/C24H23N3O4S/c1-14-6-10-17-19(12-14)32-24(22(17)23(25)30)27-20(28)13-31-21(29)11-9-16-8-7-15-4-2-3-5-18(15)26-16/h2-5,7-9,11,14H,6,10,12-13H2,1H3,(H2,25,30)(H,27,28)/b11-9+/t14-/m0/s1. The maximum absolute atomic E-state index is 12.3. The summed E-state index contributed by atoms with van der Waals surface area (Å²) in [6.07, 6.45) is 5.37. The molecule has 0 radical (unpaired) electrons. The van der Waals surface area contributed by atoms with Gasteiger partial charge in [-0.05, 0) is 49.0 Å². The molecule has 3 aromatic rings. The van der Waals surface area contributed by atoms with Gasteiger partial charge in [0.2, 0.25) is 0 Å². The number of nitrogens with one attached hydrogen (secondary N) is 1. The van der Waals surface area contributed by atoms with Gasteiger partial charge in [0, 0.05) is 16.3 Å². The van der Waals surface area contributed by atoms with Gasteiger partial charge in [-0.15, -0.1) is 11.3 Å². The van der Waals surface area contributed by atoms with Crippen molar-refractivity contribution in [3.8, 4) is 0 Å². The van der Waals surface area contributed by atoms with E-state index in [1.807, 2.05) is 30.3 Å². The van der Waals surface area contributed by atoms with Crippen molar-refractivity contribution in [3.05, 3.63) is 64.2 Å². The highest BCUT2D eigenvalue weighted by molar-refractivity contribution is 7.17. The number of nitrogens with zero attached hydrogens (tertiary/aromatic N) is 1. The number of ether oxygens (including phenoxy) is 1. The van der Waals surface area contributed by atoms with Gasteiger partial charge in [-0.25, -0.2) is 9.78 Å². The highest BCUT2D eigenvalue weighted by Crippen LogP contribution is 2.39. The molecule has 8 heteroatoms. The van der Waals surface area contributed by atoms with Gasteiger partial charge in [-0.2, -0.15) is 0 Å². The first-order valence-corrected chi connectivity index (χ1v) is 11.2. The average Bonchev–Trinajstić information content (AvgIpc) is 3.13. The number of rotatable bonds is 6. The minimum Gasteiger partial charge on any atom is -0.452 e. The van der Waals surface area contributed by atoms with Crippen LogP contribution in [0.15, 0.2) is 42.5 Å². The molecular weight excluding hydrogens is 426 g/mol. The minimum atomic E-state index is -0.662. The molecule has 4 rings (SSSR count). The molecule has 1 aliphatic carbocycles. The van der Waals surface area contributed by atoms with Crippen LogP contribution in [0.2, 0.25) is 0 Å². The maximum atomic E-state index is 12.3. The summed E-state index contributed by atoms with van der Waals surface area (Å²) < 4.78 is 5.03. The van der Waals surface area contributed by atoms with Crippen LogP contribution in [0.3, 0.4) is 0 Å². The summed E-state index contributed by atoms with van der Waals surface area (Å²) in [7, 11) is 0. The minimum absolute atomic E-state index is 0.374. The molecule has 1 aromatic carbocycles. The number of carbonyl (C=O) groups excluding carboxylic acids is 3. The first-order chi connectivity index (χ1) is 15.4. The van der Waals surface area contributed by atoms with E-state index in [2.05, 4.69) is 17.2 Å². The molecule has 0 spiro atoms. The molecule has 0 saturated heterocycles. The Morgan fingerprint density at radius 3 is 2.88 bits per heavy atom. The fourth-order valence-electron chi connectivity index (χ4n) is 3.78. The Morgan fingerprint density at radius 2 is 2.06 bits per heavy atom. The van der Waals surface area contributed by atoms with Gasteiger partial charge in [-0.3, -0.25) is 9.59 Å². The first kappa shape index (κ1) is 21.7. The lowest BCUT2D eigenvalue weighted by Crippen LogP contribution is -2.22. The van der Waals surface area contributed by atoms with Crippen molar-refractivity contribution in [1.29, 1.82) is 0 Å². The number of carbonyl (C=O) groups is 3. The summed E-state index contributed by atoms with van der Waals surface area (Å²) in [5.74, 6) is -1.22. The Balaban J connectivity index is 1.36. The highest BCUT2D eigenvalue weighted by atomic mass is 32.1. The van der Waals surface area contributed by atoms with Crippen LogP contribution in [0.4, 0.5) is 5.00 Å². The molecule has 164 valence electrons. The zero-order valence-corrected chi connectivity index (χ0v) is 18.4. The monoisotopic (exact) mass is 449 g/mol. The average molecular weight is 450 g/mol. The van der Waals surface area contributed by atoms with E-state index in [1.165, 1.54) is 23.5 Å². The number of amides is 2. The number of primary amides is 1. The van der Waals surface area contributed by atoms with Crippen LogP contribution in [-0.2, 0) is 27.2 Å². The molecule has 2 heterocycles. The fraction of sp³-hybridized carbons (Fsp3) is 0.250. The predicted molar refractivity (Wildman–Crippen MR) is 124 cm³/mol. The molecule has 2 amide bonds. The number of thiophene rings is 1. The molecule has 0 aliphatic heterocycles. The van der Waals surface area contributed by atoms with E-state index in [9.17, 15) is 14.4 Å². The van der Waals surface area contributed by atoms with Crippen molar-refractivity contribution in [2.45, 2.75) is 26.2 Å². The molecule has 3 N–H and O–H groups in total. The Hall–Kier alpha value is -3.52. The summed E-state index contributed by atoms with van der Waals surface area (Å²) >= 11 is 1.37. The summed E-state index contributed by atoms with van der Waals surface area (Å²) in [4.78, 5) is 41.8. The molecule has 0 unspecified atom stereocenters. The normalized spacial score (nSPS) is 15.5. The van der Waals surface area contributed by atoms with Crippen LogP contribution in [0.25, 0.3) is 17.0 Å². The van der Waals surface area contributed by atoms with Gasteiger partial charge in [0.15, 0.2) is 6.61 Å². The second kappa shape index (κ2) is 9.32. The van der Waals surface area contributed by atoms with Crippen LogP contribution in [0, 0.1) is 5.92 Å². The number of nitrogens with two attached hydrogens (primary N) is 1. The number of benzene rings is 1. The van der Waals surface area contributed by atoms with Gasteiger partial charge in [0.05, 0.1) is 16.8 Å². The summed E-state index contributed by atoms with van der Waals surface area (Å²) in [5.41, 5.74) is 8.29.